The summed E-state index contributed by atoms with van der Waals surface area (Å²) >= 11 is 0. The Hall–Kier alpha value is -1.76. The average Bonchev–Trinajstić information content (AvgIpc) is 2.60. The lowest BCUT2D eigenvalue weighted by Crippen LogP contribution is -2.23. The second-order valence-corrected chi connectivity index (χ2v) is 11.2. The number of ether oxygens (including phenoxy) is 1. The van der Waals surface area contributed by atoms with Crippen LogP contribution in [0.3, 0.4) is 0 Å². The van der Waals surface area contributed by atoms with E-state index in [0.29, 0.717) is 11.3 Å². The number of rotatable bonds is 8. The molecule has 2 aromatic rings. The maximum absolute atomic E-state index is 6.02. The molecule has 0 saturated carbocycles. The quantitative estimate of drug-likeness (QED) is 0.417. The highest BCUT2D eigenvalue weighted by atomic mass is 16.5. The smallest absolute Gasteiger partial charge is 0.119 e. The fourth-order valence-electron chi connectivity index (χ4n) is 4.36. The summed E-state index contributed by atoms with van der Waals surface area (Å²) in [7, 11) is 0. The van der Waals surface area contributed by atoms with Crippen LogP contribution in [0.4, 0.5) is 0 Å². The van der Waals surface area contributed by atoms with Crippen LogP contribution < -0.4 is 4.74 Å². The van der Waals surface area contributed by atoms with Gasteiger partial charge in [0.05, 0.1) is 6.61 Å². The number of aryl methyl sites for hydroxylation is 3. The molecule has 29 heavy (non-hydrogen) atoms. The standard InChI is InChI=1S/C28H40O/c1-27(2,3)20-26(28(4,5)6)23-14-16-25(17-15-23)29-18-8-7-9-21-10-11-22-12-13-24(22)19-21/h10-11,14-17,19,26H,7-9,12-13,18,20H2,1-6H3. The summed E-state index contributed by atoms with van der Waals surface area (Å²) in [5, 5.41) is 0. The molecule has 0 bridgehead atoms. The molecule has 0 saturated heterocycles. The Morgan fingerprint density at radius 3 is 2.07 bits per heavy atom. The van der Waals surface area contributed by atoms with E-state index >= 15 is 0 Å². The first-order valence-electron chi connectivity index (χ1n) is 11.5. The van der Waals surface area contributed by atoms with Crippen molar-refractivity contribution in [2.24, 2.45) is 10.8 Å². The Morgan fingerprint density at radius 1 is 0.828 bits per heavy atom. The molecule has 1 nitrogen and oxygen atoms in total. The lowest BCUT2D eigenvalue weighted by atomic mass is 9.69. The third kappa shape index (κ3) is 6.36. The highest BCUT2D eigenvalue weighted by Crippen LogP contribution is 2.43. The third-order valence-corrected chi connectivity index (χ3v) is 6.21. The molecular formula is C28H40O. The first kappa shape index (κ1) is 21.9. The van der Waals surface area contributed by atoms with Gasteiger partial charge < -0.3 is 4.74 Å². The molecule has 0 spiro atoms. The summed E-state index contributed by atoms with van der Waals surface area (Å²) in [5.74, 6) is 1.55. The van der Waals surface area contributed by atoms with Crippen LogP contribution in [-0.2, 0) is 19.3 Å². The van der Waals surface area contributed by atoms with Crippen LogP contribution in [-0.4, -0.2) is 6.61 Å². The number of fused-ring (bicyclic) bond motifs is 1. The van der Waals surface area contributed by atoms with Crippen molar-refractivity contribution in [2.45, 2.75) is 86.0 Å². The summed E-state index contributed by atoms with van der Waals surface area (Å²) in [4.78, 5) is 0. The molecule has 158 valence electrons. The predicted octanol–water partition coefficient (Wildman–Crippen LogP) is 7.75. The molecule has 2 aromatic carbocycles. The minimum absolute atomic E-state index is 0.258. The SMILES string of the molecule is CC(C)(C)CC(c1ccc(OCCCCc2ccc3c(c2)CC3)cc1)C(C)(C)C. The Bertz CT molecular complexity index is 787. The summed E-state index contributed by atoms with van der Waals surface area (Å²) < 4.78 is 6.02. The molecule has 0 aromatic heterocycles. The molecule has 3 rings (SSSR count). The minimum Gasteiger partial charge on any atom is -0.494 e. The van der Waals surface area contributed by atoms with E-state index in [1.807, 2.05) is 0 Å². The molecular weight excluding hydrogens is 352 g/mol. The van der Waals surface area contributed by atoms with Crippen LogP contribution in [0, 0.1) is 10.8 Å². The Balaban J connectivity index is 1.46. The topological polar surface area (TPSA) is 9.23 Å². The molecule has 0 aliphatic heterocycles. The largest absolute Gasteiger partial charge is 0.494 e. The molecule has 0 N–H and O–H groups in total. The Kier molecular flexibility index (Phi) is 6.76. The maximum Gasteiger partial charge on any atom is 0.119 e. The van der Waals surface area contributed by atoms with E-state index in [1.165, 1.54) is 36.8 Å². The number of unbranched alkanes of at least 4 members (excludes halogenated alkanes) is 1. The average molecular weight is 393 g/mol. The Morgan fingerprint density at radius 2 is 1.52 bits per heavy atom. The van der Waals surface area contributed by atoms with Crippen LogP contribution in [0.15, 0.2) is 42.5 Å². The number of hydrogen-bond acceptors (Lipinski definition) is 1. The highest BCUT2D eigenvalue weighted by molar-refractivity contribution is 5.38. The predicted molar refractivity (Wildman–Crippen MR) is 125 cm³/mol. The molecule has 1 unspecified atom stereocenters. The highest BCUT2D eigenvalue weighted by Gasteiger charge is 2.30. The number of hydrogen-bond donors (Lipinski definition) is 0. The first-order chi connectivity index (χ1) is 13.6. The molecule has 0 fully saturated rings. The first-order valence-corrected chi connectivity index (χ1v) is 11.5. The van der Waals surface area contributed by atoms with Crippen LogP contribution in [0.2, 0.25) is 0 Å². The van der Waals surface area contributed by atoms with Crippen LogP contribution >= 0.6 is 0 Å². The van der Waals surface area contributed by atoms with Crippen LogP contribution in [0.5, 0.6) is 5.75 Å². The molecule has 0 heterocycles. The van der Waals surface area contributed by atoms with Gasteiger partial charge in [0.25, 0.3) is 0 Å². The van der Waals surface area contributed by atoms with Gasteiger partial charge in [-0.3, -0.25) is 0 Å². The molecule has 0 radical (unpaired) electrons. The summed E-state index contributed by atoms with van der Waals surface area (Å²) in [5.41, 5.74) is 6.62. The fraction of sp³-hybridized carbons (Fsp3) is 0.571. The van der Waals surface area contributed by atoms with Gasteiger partial charge in [-0.25, -0.2) is 0 Å². The van der Waals surface area contributed by atoms with Crippen molar-refractivity contribution in [3.05, 3.63) is 64.7 Å². The van der Waals surface area contributed by atoms with Gasteiger partial charge in [-0.05, 0) is 89.7 Å². The number of benzene rings is 2. The van der Waals surface area contributed by atoms with Gasteiger partial charge in [0, 0.05) is 0 Å². The monoisotopic (exact) mass is 392 g/mol. The lowest BCUT2D eigenvalue weighted by molar-refractivity contribution is 0.229. The Labute approximate surface area is 178 Å². The summed E-state index contributed by atoms with van der Waals surface area (Å²) in [6.45, 7) is 14.9. The van der Waals surface area contributed by atoms with Crippen molar-refractivity contribution in [3.63, 3.8) is 0 Å². The molecule has 1 heteroatoms. The van der Waals surface area contributed by atoms with Gasteiger partial charge >= 0.3 is 0 Å². The second-order valence-electron chi connectivity index (χ2n) is 11.2. The van der Waals surface area contributed by atoms with Gasteiger partial charge in [0.1, 0.15) is 5.75 Å². The van der Waals surface area contributed by atoms with Crippen molar-refractivity contribution in [2.75, 3.05) is 6.61 Å². The van der Waals surface area contributed by atoms with Gasteiger partial charge in [-0.2, -0.15) is 0 Å². The lowest BCUT2D eigenvalue weighted by Gasteiger charge is -2.36. The van der Waals surface area contributed by atoms with Gasteiger partial charge in [-0.1, -0.05) is 71.9 Å². The van der Waals surface area contributed by atoms with Crippen molar-refractivity contribution in [1.29, 1.82) is 0 Å². The van der Waals surface area contributed by atoms with Crippen LogP contribution in [0.25, 0.3) is 0 Å². The van der Waals surface area contributed by atoms with Crippen molar-refractivity contribution < 1.29 is 4.74 Å². The third-order valence-electron chi connectivity index (χ3n) is 6.21. The van der Waals surface area contributed by atoms with E-state index in [0.717, 1.165) is 25.2 Å². The zero-order chi connectivity index (χ0) is 21.1. The van der Waals surface area contributed by atoms with Crippen LogP contribution in [0.1, 0.15) is 89.0 Å². The zero-order valence-corrected chi connectivity index (χ0v) is 19.5. The summed E-state index contributed by atoms with van der Waals surface area (Å²) in [6, 6.07) is 15.9. The second kappa shape index (κ2) is 8.94. The molecule has 1 aliphatic carbocycles. The van der Waals surface area contributed by atoms with E-state index in [9.17, 15) is 0 Å². The van der Waals surface area contributed by atoms with E-state index < -0.39 is 0 Å². The van der Waals surface area contributed by atoms with E-state index in [1.54, 1.807) is 11.1 Å². The van der Waals surface area contributed by atoms with E-state index in [4.69, 9.17) is 4.74 Å². The van der Waals surface area contributed by atoms with Gasteiger partial charge in [0.2, 0.25) is 0 Å². The molecule has 1 atom stereocenters. The minimum atomic E-state index is 0.258. The van der Waals surface area contributed by atoms with Crippen molar-refractivity contribution in [3.8, 4) is 5.75 Å². The van der Waals surface area contributed by atoms with Crippen molar-refractivity contribution >= 4 is 0 Å². The zero-order valence-electron chi connectivity index (χ0n) is 19.5. The fourth-order valence-corrected chi connectivity index (χ4v) is 4.36. The van der Waals surface area contributed by atoms with E-state index in [-0.39, 0.29) is 5.41 Å². The molecule has 0 amide bonds. The maximum atomic E-state index is 6.02. The van der Waals surface area contributed by atoms with Crippen molar-refractivity contribution in [1.82, 2.24) is 0 Å². The molecule has 1 aliphatic rings. The normalized spacial score (nSPS) is 14.8. The van der Waals surface area contributed by atoms with E-state index in [2.05, 4.69) is 84.0 Å². The summed E-state index contributed by atoms with van der Waals surface area (Å²) in [6.07, 6.45) is 7.19. The van der Waals surface area contributed by atoms with Gasteiger partial charge in [0.15, 0.2) is 0 Å². The van der Waals surface area contributed by atoms with Gasteiger partial charge in [-0.15, -0.1) is 0 Å².